The lowest BCUT2D eigenvalue weighted by Crippen LogP contribution is -1.97. The van der Waals surface area contributed by atoms with Crippen molar-refractivity contribution in [2.24, 2.45) is 0 Å². The van der Waals surface area contributed by atoms with Gasteiger partial charge in [0.1, 0.15) is 0 Å². The maximum absolute atomic E-state index is 2.27. The molecule has 4 aromatic rings. The first-order valence-corrected chi connectivity index (χ1v) is 9.43. The third-order valence-electron chi connectivity index (χ3n) is 5.33. The monoisotopic (exact) mass is 344 g/mol. The zero-order valence-corrected chi connectivity index (χ0v) is 15.1. The lowest BCUT2D eigenvalue weighted by Gasteiger charge is -2.17. The summed E-state index contributed by atoms with van der Waals surface area (Å²) in [6, 6.07) is 39.3. The Morgan fingerprint density at radius 3 is 1.19 bits per heavy atom. The highest BCUT2D eigenvalue weighted by Crippen LogP contribution is 2.42. The molecular formula is C27H20. The van der Waals surface area contributed by atoms with Crippen LogP contribution in [0.4, 0.5) is 0 Å². The maximum Gasteiger partial charge on any atom is -0.00134 e. The number of fused-ring (bicyclic) bond motifs is 2. The van der Waals surface area contributed by atoms with Crippen LogP contribution in [0.3, 0.4) is 0 Å². The number of hydrogen-bond acceptors (Lipinski definition) is 0. The molecule has 0 saturated heterocycles. The zero-order chi connectivity index (χ0) is 18.1. The molecule has 0 atom stereocenters. The molecule has 27 heavy (non-hydrogen) atoms. The van der Waals surface area contributed by atoms with Crippen LogP contribution >= 0.6 is 0 Å². The summed E-state index contributed by atoms with van der Waals surface area (Å²) in [7, 11) is 0. The van der Waals surface area contributed by atoms with E-state index < -0.39 is 0 Å². The summed E-state index contributed by atoms with van der Waals surface area (Å²) in [5, 5.41) is 0. The molecule has 0 unspecified atom stereocenters. The molecule has 1 aliphatic carbocycles. The fourth-order valence-corrected chi connectivity index (χ4v) is 4.12. The van der Waals surface area contributed by atoms with Crippen molar-refractivity contribution in [2.45, 2.75) is 6.42 Å². The molecule has 0 bridgehead atoms. The molecule has 0 radical (unpaired) electrons. The van der Waals surface area contributed by atoms with Gasteiger partial charge in [0, 0.05) is 0 Å². The molecule has 0 saturated carbocycles. The van der Waals surface area contributed by atoms with Gasteiger partial charge in [0.2, 0.25) is 0 Å². The zero-order valence-electron chi connectivity index (χ0n) is 15.1. The minimum Gasteiger partial charge on any atom is -0.0622 e. The van der Waals surface area contributed by atoms with E-state index >= 15 is 0 Å². The van der Waals surface area contributed by atoms with E-state index in [-0.39, 0.29) is 0 Å². The maximum atomic E-state index is 2.27. The van der Waals surface area contributed by atoms with Crippen molar-refractivity contribution in [1.82, 2.24) is 0 Å². The van der Waals surface area contributed by atoms with Crippen molar-refractivity contribution in [3.8, 4) is 0 Å². The van der Waals surface area contributed by atoms with Crippen LogP contribution in [0.15, 0.2) is 109 Å². The molecule has 0 heteroatoms. The Balaban J connectivity index is 1.95. The molecule has 0 spiro atoms. The fourth-order valence-electron chi connectivity index (χ4n) is 4.12. The average Bonchev–Trinajstić information content (AvgIpc) is 2.89. The highest BCUT2D eigenvalue weighted by Gasteiger charge is 2.23. The first-order chi connectivity index (χ1) is 13.4. The van der Waals surface area contributed by atoms with E-state index in [2.05, 4.69) is 109 Å². The van der Waals surface area contributed by atoms with E-state index in [4.69, 9.17) is 0 Å². The van der Waals surface area contributed by atoms with Gasteiger partial charge in [0.15, 0.2) is 0 Å². The molecule has 5 rings (SSSR count). The van der Waals surface area contributed by atoms with Gasteiger partial charge >= 0.3 is 0 Å². The Hall–Kier alpha value is -3.38. The molecule has 0 heterocycles. The smallest absolute Gasteiger partial charge is 0.00134 e. The quantitative estimate of drug-likeness (QED) is 0.338. The minimum absolute atomic E-state index is 0.957. The molecule has 4 aromatic carbocycles. The summed E-state index contributed by atoms with van der Waals surface area (Å²) in [6.07, 6.45) is 0.957. The van der Waals surface area contributed by atoms with Gasteiger partial charge in [-0.2, -0.15) is 0 Å². The van der Waals surface area contributed by atoms with E-state index in [1.165, 1.54) is 44.5 Å². The second-order valence-electron chi connectivity index (χ2n) is 6.97. The summed E-state index contributed by atoms with van der Waals surface area (Å²) in [6.45, 7) is 0. The van der Waals surface area contributed by atoms with E-state index in [9.17, 15) is 0 Å². The number of hydrogen-bond donors (Lipinski definition) is 0. The van der Waals surface area contributed by atoms with Gasteiger partial charge in [-0.1, -0.05) is 109 Å². The second-order valence-corrected chi connectivity index (χ2v) is 6.97. The molecule has 0 fully saturated rings. The van der Waals surface area contributed by atoms with Crippen molar-refractivity contribution in [1.29, 1.82) is 0 Å². The van der Waals surface area contributed by atoms with Crippen LogP contribution in [-0.4, -0.2) is 0 Å². The summed E-state index contributed by atoms with van der Waals surface area (Å²) >= 11 is 0. The minimum atomic E-state index is 0.957. The van der Waals surface area contributed by atoms with Crippen LogP contribution in [0.25, 0.3) is 11.1 Å². The lowest BCUT2D eigenvalue weighted by atomic mass is 9.86. The van der Waals surface area contributed by atoms with Gasteiger partial charge in [-0.15, -0.1) is 0 Å². The molecule has 128 valence electrons. The molecular weight excluding hydrogens is 324 g/mol. The van der Waals surface area contributed by atoms with E-state index in [0.717, 1.165) is 6.42 Å². The molecule has 1 aliphatic rings. The Morgan fingerprint density at radius 1 is 0.370 bits per heavy atom. The van der Waals surface area contributed by atoms with Crippen LogP contribution in [-0.2, 0) is 6.42 Å². The summed E-state index contributed by atoms with van der Waals surface area (Å²) in [5.41, 5.74) is 10.6. The van der Waals surface area contributed by atoms with E-state index in [1.807, 2.05) is 0 Å². The van der Waals surface area contributed by atoms with Crippen LogP contribution in [0.5, 0.6) is 0 Å². The van der Waals surface area contributed by atoms with Gasteiger partial charge in [-0.05, 0) is 50.9 Å². The third kappa shape index (κ3) is 2.80. The number of rotatable bonds is 2. The Labute approximate surface area is 160 Å². The molecule has 0 amide bonds. The summed E-state index contributed by atoms with van der Waals surface area (Å²) < 4.78 is 0. The summed E-state index contributed by atoms with van der Waals surface area (Å²) in [5.74, 6) is 0. The highest BCUT2D eigenvalue weighted by atomic mass is 14.3. The van der Waals surface area contributed by atoms with Crippen molar-refractivity contribution in [2.75, 3.05) is 0 Å². The standard InChI is InChI=1S/C27H20/c1-3-11-20(12-4-1)26-24-17-9-7-15-22(24)19-23-16-8-10-18-25(23)27(26)21-13-5-2-6-14-21/h1-18H,19H2. The predicted molar refractivity (Wildman–Crippen MR) is 114 cm³/mol. The Bertz CT molecular complexity index is 1030. The Kier molecular flexibility index (Phi) is 3.95. The first-order valence-electron chi connectivity index (χ1n) is 9.43. The SMILES string of the molecule is c1ccc(C2=C(c3ccccc3)c3ccccc3Cc3ccccc32)cc1. The summed E-state index contributed by atoms with van der Waals surface area (Å²) in [4.78, 5) is 0. The molecule has 0 aliphatic heterocycles. The van der Waals surface area contributed by atoms with Crippen LogP contribution in [0.1, 0.15) is 33.4 Å². The normalized spacial score (nSPS) is 12.9. The van der Waals surface area contributed by atoms with Gasteiger partial charge in [-0.25, -0.2) is 0 Å². The van der Waals surface area contributed by atoms with Gasteiger partial charge in [-0.3, -0.25) is 0 Å². The topological polar surface area (TPSA) is 0 Å². The highest BCUT2D eigenvalue weighted by molar-refractivity contribution is 6.06. The van der Waals surface area contributed by atoms with Crippen LogP contribution in [0.2, 0.25) is 0 Å². The molecule has 0 aromatic heterocycles. The van der Waals surface area contributed by atoms with Crippen molar-refractivity contribution >= 4 is 11.1 Å². The Morgan fingerprint density at radius 2 is 0.741 bits per heavy atom. The largest absolute Gasteiger partial charge is 0.0622 e. The van der Waals surface area contributed by atoms with Gasteiger partial charge in [0.25, 0.3) is 0 Å². The third-order valence-corrected chi connectivity index (χ3v) is 5.33. The van der Waals surface area contributed by atoms with Crippen molar-refractivity contribution < 1.29 is 0 Å². The van der Waals surface area contributed by atoms with Crippen LogP contribution < -0.4 is 0 Å². The fraction of sp³-hybridized carbons (Fsp3) is 0.0370. The van der Waals surface area contributed by atoms with E-state index in [1.54, 1.807) is 0 Å². The van der Waals surface area contributed by atoms with Crippen LogP contribution in [0, 0.1) is 0 Å². The van der Waals surface area contributed by atoms with Gasteiger partial charge in [0.05, 0.1) is 0 Å². The average molecular weight is 344 g/mol. The molecule has 0 nitrogen and oxygen atoms in total. The van der Waals surface area contributed by atoms with Crippen molar-refractivity contribution in [3.63, 3.8) is 0 Å². The van der Waals surface area contributed by atoms with Crippen molar-refractivity contribution in [3.05, 3.63) is 143 Å². The lowest BCUT2D eigenvalue weighted by molar-refractivity contribution is 1.18. The second kappa shape index (κ2) is 6.74. The number of benzene rings is 4. The molecule has 0 N–H and O–H groups in total. The first kappa shape index (κ1) is 15.8. The van der Waals surface area contributed by atoms with Gasteiger partial charge < -0.3 is 0 Å². The van der Waals surface area contributed by atoms with E-state index in [0.29, 0.717) is 0 Å². The predicted octanol–water partition coefficient (Wildman–Crippen LogP) is 6.60.